The summed E-state index contributed by atoms with van der Waals surface area (Å²) in [5.41, 5.74) is 3.26. The average molecular weight is 760 g/mol. The summed E-state index contributed by atoms with van der Waals surface area (Å²) in [4.78, 5) is 37.0. The maximum Gasteiger partial charge on any atom is 0.335 e. The van der Waals surface area contributed by atoms with Crippen LogP contribution in [0.25, 0.3) is 21.5 Å². The van der Waals surface area contributed by atoms with Crippen LogP contribution in [0.15, 0.2) is 164 Å². The zero-order valence-electron chi connectivity index (χ0n) is 32.2. The molecule has 8 nitrogen and oxygen atoms in total. The van der Waals surface area contributed by atoms with Crippen molar-refractivity contribution >= 4 is 39.4 Å². The van der Waals surface area contributed by atoms with E-state index in [1.165, 1.54) is 0 Å². The second kappa shape index (κ2) is 18.6. The van der Waals surface area contributed by atoms with Crippen molar-refractivity contribution in [2.75, 3.05) is 0 Å². The van der Waals surface area contributed by atoms with Crippen LogP contribution in [-0.2, 0) is 29.2 Å². The molecule has 0 aliphatic rings. The van der Waals surface area contributed by atoms with Crippen molar-refractivity contribution in [2.24, 2.45) is 0 Å². The lowest BCUT2D eigenvalue weighted by Crippen LogP contribution is -2.45. The summed E-state index contributed by atoms with van der Waals surface area (Å²) < 4.78 is 17.3. The van der Waals surface area contributed by atoms with Crippen LogP contribution in [0, 0.1) is 0 Å². The van der Waals surface area contributed by atoms with Gasteiger partial charge >= 0.3 is 11.9 Å². The van der Waals surface area contributed by atoms with Crippen LogP contribution in [-0.4, -0.2) is 34.6 Å². The van der Waals surface area contributed by atoms with E-state index < -0.39 is 23.6 Å². The molecule has 0 aromatic heterocycles. The molecular weight excluding hydrogens is 715 g/mol. The number of rotatable bonds is 12. The van der Waals surface area contributed by atoms with E-state index in [-0.39, 0.29) is 5.91 Å². The number of hydrogen-bond donors (Lipinski definition) is 2. The highest BCUT2D eigenvalue weighted by atomic mass is 16.6. The molecule has 0 aliphatic carbocycles. The molecule has 0 saturated heterocycles. The quantitative estimate of drug-likeness (QED) is 0.119. The highest BCUT2D eigenvalue weighted by molar-refractivity contribution is 6.00. The van der Waals surface area contributed by atoms with Crippen LogP contribution in [0.5, 0.6) is 11.5 Å². The summed E-state index contributed by atoms with van der Waals surface area (Å²) >= 11 is 0. The van der Waals surface area contributed by atoms with Gasteiger partial charge in [0.05, 0.1) is 5.56 Å². The maximum atomic E-state index is 13.1. The lowest BCUT2D eigenvalue weighted by atomic mass is 10.0. The second-order valence-electron chi connectivity index (χ2n) is 14.6. The van der Waals surface area contributed by atoms with Crippen LogP contribution in [0.3, 0.4) is 0 Å². The molecule has 2 N–H and O–H groups in total. The fraction of sp³-hybridized carbons (Fsp3) is 0.163. The molecule has 7 rings (SSSR count). The molecule has 0 radical (unpaired) electrons. The third kappa shape index (κ3) is 11.8. The zero-order valence-corrected chi connectivity index (χ0v) is 32.2. The van der Waals surface area contributed by atoms with Crippen molar-refractivity contribution < 1.29 is 33.7 Å². The fourth-order valence-corrected chi connectivity index (χ4v) is 6.04. The van der Waals surface area contributed by atoms with Crippen LogP contribution in [0.4, 0.5) is 0 Å². The van der Waals surface area contributed by atoms with Gasteiger partial charge in [0.25, 0.3) is 5.91 Å². The van der Waals surface area contributed by atoms with E-state index in [1.54, 1.807) is 24.3 Å². The summed E-state index contributed by atoms with van der Waals surface area (Å²) in [6, 6.07) is 50.7. The Morgan fingerprint density at radius 1 is 0.544 bits per heavy atom. The number of ether oxygens (including phenoxy) is 3. The maximum absolute atomic E-state index is 13.1. The van der Waals surface area contributed by atoms with Crippen molar-refractivity contribution in [1.29, 1.82) is 0 Å². The number of amides is 1. The number of carboxylic acid groups (broad SMARTS) is 1. The molecule has 0 bridgehead atoms. The summed E-state index contributed by atoms with van der Waals surface area (Å²) in [5.74, 6) is -0.166. The van der Waals surface area contributed by atoms with Crippen molar-refractivity contribution in [3.63, 3.8) is 0 Å². The molecule has 0 saturated carbocycles. The minimum Gasteiger partial charge on any atom is -0.489 e. The average Bonchev–Trinajstić information content (AvgIpc) is 3.22. The predicted molar refractivity (Wildman–Crippen MR) is 224 cm³/mol. The van der Waals surface area contributed by atoms with E-state index >= 15 is 0 Å². The lowest BCUT2D eigenvalue weighted by Gasteiger charge is -2.24. The van der Waals surface area contributed by atoms with Gasteiger partial charge in [0.1, 0.15) is 36.4 Å². The Balaban J connectivity index is 0.000000221. The minimum atomic E-state index is -0.915. The molecule has 288 valence electrons. The molecule has 0 spiro atoms. The first-order valence-corrected chi connectivity index (χ1v) is 18.7. The van der Waals surface area contributed by atoms with E-state index in [0.717, 1.165) is 49.7 Å². The number of fused-ring (bicyclic) bond motifs is 2. The van der Waals surface area contributed by atoms with Gasteiger partial charge in [0, 0.05) is 12.0 Å². The molecular formula is C49H45NO7. The Kier molecular flexibility index (Phi) is 13.0. The number of carboxylic acids is 1. The Hall–Kier alpha value is -6.93. The standard InChI is InChI=1S/C31H31NO4.C18H14O3/c1-31(2,3)36-30(34)28(18-22-10-6-4-7-11-22)32-29(33)26-15-14-25-20-27(17-16-24(25)19-26)35-21-23-12-8-5-9-13-23;19-18(20)16-7-6-15-11-17(9-8-14(15)10-16)21-12-13-4-2-1-3-5-13/h4-17,19-20,28H,18,21H2,1-3H3,(H,32,33);1-11H,12H2,(H,19,20)/t28-;/m1./s1. The van der Waals surface area contributed by atoms with Crippen molar-refractivity contribution in [1.82, 2.24) is 5.32 Å². The second-order valence-corrected chi connectivity index (χ2v) is 14.6. The lowest BCUT2D eigenvalue weighted by molar-refractivity contribution is -0.157. The number of carbonyl (C=O) groups excluding carboxylic acids is 2. The minimum absolute atomic E-state index is 0.292. The van der Waals surface area contributed by atoms with Gasteiger partial charge in [0.15, 0.2) is 0 Å². The number of hydrogen-bond acceptors (Lipinski definition) is 6. The SMILES string of the molecule is CC(C)(C)OC(=O)[C@@H](Cc1ccccc1)NC(=O)c1ccc2cc(OCc3ccccc3)ccc2c1.O=C(O)c1ccc2cc(OCc3ccccc3)ccc2c1. The smallest absolute Gasteiger partial charge is 0.335 e. The number of nitrogens with one attached hydrogen (secondary N) is 1. The topological polar surface area (TPSA) is 111 Å². The van der Waals surface area contributed by atoms with Crippen molar-refractivity contribution in [3.8, 4) is 11.5 Å². The first kappa shape index (κ1) is 39.8. The first-order chi connectivity index (χ1) is 27.5. The summed E-state index contributed by atoms with van der Waals surface area (Å²) in [6.45, 7) is 6.44. The van der Waals surface area contributed by atoms with Gasteiger partial charge in [-0.25, -0.2) is 9.59 Å². The molecule has 0 aliphatic heterocycles. The zero-order chi connectivity index (χ0) is 40.2. The molecule has 1 amide bonds. The van der Waals surface area contributed by atoms with E-state index in [4.69, 9.17) is 19.3 Å². The Morgan fingerprint density at radius 3 is 1.44 bits per heavy atom. The summed E-state index contributed by atoms with van der Waals surface area (Å²) in [5, 5.41) is 15.6. The highest BCUT2D eigenvalue weighted by Crippen LogP contribution is 2.25. The van der Waals surface area contributed by atoms with Gasteiger partial charge < -0.3 is 24.6 Å². The predicted octanol–water partition coefficient (Wildman–Crippen LogP) is 10.2. The van der Waals surface area contributed by atoms with Gasteiger partial charge in [-0.05, 0) is 108 Å². The van der Waals surface area contributed by atoms with Crippen LogP contribution in [0.1, 0.15) is 58.2 Å². The van der Waals surface area contributed by atoms with Gasteiger partial charge in [0.2, 0.25) is 0 Å². The van der Waals surface area contributed by atoms with Gasteiger partial charge in [-0.3, -0.25) is 4.79 Å². The first-order valence-electron chi connectivity index (χ1n) is 18.7. The third-order valence-electron chi connectivity index (χ3n) is 8.91. The van der Waals surface area contributed by atoms with Crippen LogP contribution in [0.2, 0.25) is 0 Å². The fourth-order valence-electron chi connectivity index (χ4n) is 6.04. The number of aromatic carboxylic acids is 1. The molecule has 7 aromatic rings. The molecule has 0 fully saturated rings. The van der Waals surface area contributed by atoms with Gasteiger partial charge in [-0.2, -0.15) is 0 Å². The molecule has 7 aromatic carbocycles. The van der Waals surface area contributed by atoms with E-state index in [9.17, 15) is 14.4 Å². The molecule has 1 atom stereocenters. The monoisotopic (exact) mass is 759 g/mol. The molecule has 0 unspecified atom stereocenters. The Labute approximate surface area is 332 Å². The van der Waals surface area contributed by atoms with Crippen LogP contribution < -0.4 is 14.8 Å². The van der Waals surface area contributed by atoms with Crippen molar-refractivity contribution in [2.45, 2.75) is 52.0 Å². The van der Waals surface area contributed by atoms with E-state index in [1.807, 2.05) is 160 Å². The van der Waals surface area contributed by atoms with E-state index in [2.05, 4.69) is 5.32 Å². The molecule has 8 heteroatoms. The highest BCUT2D eigenvalue weighted by Gasteiger charge is 2.27. The summed E-state index contributed by atoms with van der Waals surface area (Å²) in [7, 11) is 0. The molecule has 0 heterocycles. The number of benzene rings is 7. The van der Waals surface area contributed by atoms with Crippen molar-refractivity contribution in [3.05, 3.63) is 192 Å². The van der Waals surface area contributed by atoms with Gasteiger partial charge in [-0.15, -0.1) is 0 Å². The van der Waals surface area contributed by atoms with Crippen LogP contribution >= 0.6 is 0 Å². The Bertz CT molecular complexity index is 2440. The van der Waals surface area contributed by atoms with E-state index in [0.29, 0.717) is 30.8 Å². The largest absolute Gasteiger partial charge is 0.489 e. The summed E-state index contributed by atoms with van der Waals surface area (Å²) in [6.07, 6.45) is 0.344. The number of esters is 1. The third-order valence-corrected chi connectivity index (χ3v) is 8.91. The number of carbonyl (C=O) groups is 3. The molecule has 57 heavy (non-hydrogen) atoms. The normalized spacial score (nSPS) is 11.5. The van der Waals surface area contributed by atoms with Gasteiger partial charge in [-0.1, -0.05) is 115 Å². The Morgan fingerprint density at radius 2 is 0.965 bits per heavy atom.